The number of nitrogens with two attached hydrogens (primary N) is 1. The third kappa shape index (κ3) is 2.84. The second-order valence-electron chi connectivity index (χ2n) is 4.05. The number of nitrogens with one attached hydrogen (secondary N) is 1. The molecule has 0 saturated carbocycles. The number of nitrogen functional groups attached to an aromatic ring is 1. The number of hydrogen-bond donors (Lipinski definition) is 2. The van der Waals surface area contributed by atoms with E-state index in [1.165, 1.54) is 13.0 Å². The van der Waals surface area contributed by atoms with Crippen LogP contribution in [0.3, 0.4) is 0 Å². The quantitative estimate of drug-likeness (QED) is 0.652. The van der Waals surface area contributed by atoms with Gasteiger partial charge in [-0.25, -0.2) is 9.37 Å². The van der Waals surface area contributed by atoms with E-state index in [9.17, 15) is 14.5 Å². The molecule has 0 aliphatic carbocycles. The van der Waals surface area contributed by atoms with E-state index in [1.807, 2.05) is 0 Å². The van der Waals surface area contributed by atoms with Crippen molar-refractivity contribution in [1.29, 1.82) is 5.26 Å². The Morgan fingerprint density at radius 3 is 2.81 bits per heavy atom. The van der Waals surface area contributed by atoms with Gasteiger partial charge in [-0.2, -0.15) is 10.2 Å². The Hall–Kier alpha value is -3.28. The zero-order valence-corrected chi connectivity index (χ0v) is 10.8. The maximum atomic E-state index is 13.1. The van der Waals surface area contributed by atoms with E-state index in [0.717, 1.165) is 12.1 Å². The molecule has 1 heterocycles. The number of rotatable bonds is 3. The lowest BCUT2D eigenvalue weighted by molar-refractivity contribution is -0.385. The Labute approximate surface area is 118 Å². The van der Waals surface area contributed by atoms with Crippen LogP contribution in [0.4, 0.5) is 27.5 Å². The molecule has 0 bridgehead atoms. The lowest BCUT2D eigenvalue weighted by Crippen LogP contribution is -2.07. The molecule has 0 radical (unpaired) electrons. The fourth-order valence-corrected chi connectivity index (χ4v) is 1.74. The lowest BCUT2D eigenvalue weighted by atomic mass is 10.2. The Bertz CT molecular complexity index is 771. The zero-order valence-electron chi connectivity index (χ0n) is 10.8. The fourth-order valence-electron chi connectivity index (χ4n) is 1.74. The van der Waals surface area contributed by atoms with Gasteiger partial charge in [0.05, 0.1) is 16.2 Å². The summed E-state index contributed by atoms with van der Waals surface area (Å²) in [5.41, 5.74) is 5.35. The topological polar surface area (TPSA) is 131 Å². The van der Waals surface area contributed by atoms with Gasteiger partial charge >= 0.3 is 5.69 Å². The van der Waals surface area contributed by atoms with Crippen LogP contribution in [0.15, 0.2) is 18.2 Å². The minimum Gasteiger partial charge on any atom is -0.368 e. The summed E-state index contributed by atoms with van der Waals surface area (Å²) in [6.45, 7) is 1.41. The van der Waals surface area contributed by atoms with Gasteiger partial charge in [0.15, 0.2) is 0 Å². The van der Waals surface area contributed by atoms with Crippen LogP contribution in [0, 0.1) is 34.2 Å². The molecule has 3 N–H and O–H groups in total. The average Bonchev–Trinajstić information content (AvgIpc) is 2.39. The first-order valence-electron chi connectivity index (χ1n) is 5.67. The smallest absolute Gasteiger partial charge is 0.332 e. The van der Waals surface area contributed by atoms with Crippen LogP contribution < -0.4 is 11.1 Å². The molecule has 0 fully saturated rings. The molecule has 9 heteroatoms. The second-order valence-corrected chi connectivity index (χ2v) is 4.05. The molecule has 1 aromatic carbocycles. The number of nitro groups is 1. The van der Waals surface area contributed by atoms with E-state index < -0.39 is 10.7 Å². The van der Waals surface area contributed by atoms with Crippen molar-refractivity contribution in [2.45, 2.75) is 6.92 Å². The van der Waals surface area contributed by atoms with Crippen LogP contribution >= 0.6 is 0 Å². The molecule has 0 amide bonds. The summed E-state index contributed by atoms with van der Waals surface area (Å²) in [4.78, 5) is 17.9. The molecule has 0 unspecified atom stereocenters. The molecule has 1 aromatic heterocycles. The molecule has 0 atom stereocenters. The van der Waals surface area contributed by atoms with Crippen molar-refractivity contribution < 1.29 is 9.31 Å². The van der Waals surface area contributed by atoms with Gasteiger partial charge in [-0.1, -0.05) is 0 Å². The van der Waals surface area contributed by atoms with E-state index in [4.69, 9.17) is 11.0 Å². The SMILES string of the molecule is Cc1nc(N)nc(Nc2ccc(F)cc2C#N)c1[N+](=O)[O-]. The molecule has 0 saturated heterocycles. The van der Waals surface area contributed by atoms with Crippen LogP contribution in [0.5, 0.6) is 0 Å². The Morgan fingerprint density at radius 2 is 2.19 bits per heavy atom. The van der Waals surface area contributed by atoms with Crippen molar-refractivity contribution in [2.75, 3.05) is 11.1 Å². The van der Waals surface area contributed by atoms with E-state index in [1.54, 1.807) is 6.07 Å². The second kappa shape index (κ2) is 5.38. The van der Waals surface area contributed by atoms with Crippen molar-refractivity contribution in [1.82, 2.24) is 9.97 Å². The molecular formula is C12H9FN6O2. The summed E-state index contributed by atoms with van der Waals surface area (Å²) >= 11 is 0. The molecular weight excluding hydrogens is 279 g/mol. The number of hydrogen-bond acceptors (Lipinski definition) is 7. The summed E-state index contributed by atoms with van der Waals surface area (Å²) in [6, 6.07) is 5.19. The highest BCUT2D eigenvalue weighted by atomic mass is 19.1. The summed E-state index contributed by atoms with van der Waals surface area (Å²) in [5, 5.41) is 22.7. The van der Waals surface area contributed by atoms with Crippen molar-refractivity contribution in [2.24, 2.45) is 0 Å². The molecule has 8 nitrogen and oxygen atoms in total. The monoisotopic (exact) mass is 288 g/mol. The number of benzene rings is 1. The summed E-state index contributed by atoms with van der Waals surface area (Å²) in [6.07, 6.45) is 0. The number of aryl methyl sites for hydroxylation is 1. The first-order valence-corrected chi connectivity index (χ1v) is 5.67. The lowest BCUT2D eigenvalue weighted by Gasteiger charge is -2.09. The minimum absolute atomic E-state index is 0.0147. The first-order chi connectivity index (χ1) is 9.92. The van der Waals surface area contributed by atoms with E-state index in [-0.39, 0.29) is 34.4 Å². The molecule has 0 aliphatic heterocycles. The highest BCUT2D eigenvalue weighted by Crippen LogP contribution is 2.30. The van der Waals surface area contributed by atoms with E-state index in [2.05, 4.69) is 15.3 Å². The average molecular weight is 288 g/mol. The number of nitriles is 1. The standard InChI is InChI=1S/C12H9FN6O2/c1-6-10(19(20)21)11(18-12(15)16-6)17-9-3-2-8(13)4-7(9)5-14/h2-4H,1H3,(H3,15,16,17,18). The van der Waals surface area contributed by atoms with E-state index >= 15 is 0 Å². The molecule has 0 aliphatic rings. The van der Waals surface area contributed by atoms with Crippen molar-refractivity contribution in [3.05, 3.63) is 45.4 Å². The first kappa shape index (κ1) is 14.1. The van der Waals surface area contributed by atoms with Gasteiger partial charge in [-0.3, -0.25) is 10.1 Å². The molecule has 2 rings (SSSR count). The predicted octanol–water partition coefficient (Wildman–Crippen LogP) is 2.03. The number of nitrogens with zero attached hydrogens (tertiary/aromatic N) is 4. The van der Waals surface area contributed by atoms with Crippen LogP contribution in [0.1, 0.15) is 11.3 Å². The van der Waals surface area contributed by atoms with Gasteiger partial charge in [0.1, 0.15) is 17.6 Å². The maximum Gasteiger partial charge on any atom is 0.332 e. The van der Waals surface area contributed by atoms with Crippen molar-refractivity contribution in [3.63, 3.8) is 0 Å². The molecule has 106 valence electrons. The van der Waals surface area contributed by atoms with E-state index in [0.29, 0.717) is 0 Å². The minimum atomic E-state index is -0.660. The highest BCUT2D eigenvalue weighted by molar-refractivity contribution is 5.71. The number of halogens is 1. The molecule has 0 spiro atoms. The summed E-state index contributed by atoms with van der Waals surface area (Å²) in [5.74, 6) is -0.903. The van der Waals surface area contributed by atoms with Gasteiger partial charge in [0.2, 0.25) is 11.8 Å². The normalized spacial score (nSPS) is 9.95. The van der Waals surface area contributed by atoms with Gasteiger partial charge in [-0.15, -0.1) is 0 Å². The van der Waals surface area contributed by atoms with Crippen molar-refractivity contribution in [3.8, 4) is 6.07 Å². The third-order valence-electron chi connectivity index (χ3n) is 2.61. The summed E-state index contributed by atoms with van der Waals surface area (Å²) in [7, 11) is 0. The van der Waals surface area contributed by atoms with Crippen LogP contribution in [0.2, 0.25) is 0 Å². The zero-order chi connectivity index (χ0) is 15.6. The van der Waals surface area contributed by atoms with Gasteiger partial charge in [0, 0.05) is 0 Å². The highest BCUT2D eigenvalue weighted by Gasteiger charge is 2.22. The molecule has 21 heavy (non-hydrogen) atoms. The maximum absolute atomic E-state index is 13.1. The summed E-state index contributed by atoms with van der Waals surface area (Å²) < 4.78 is 13.1. The van der Waals surface area contributed by atoms with Crippen molar-refractivity contribution >= 4 is 23.1 Å². The Balaban J connectivity index is 2.54. The van der Waals surface area contributed by atoms with Crippen LogP contribution in [-0.2, 0) is 0 Å². The van der Waals surface area contributed by atoms with Gasteiger partial charge in [-0.05, 0) is 25.1 Å². The van der Waals surface area contributed by atoms with Crippen LogP contribution in [-0.4, -0.2) is 14.9 Å². The predicted molar refractivity (Wildman–Crippen MR) is 72.2 cm³/mol. The number of aromatic nitrogens is 2. The molecule has 2 aromatic rings. The number of anilines is 3. The Morgan fingerprint density at radius 1 is 1.48 bits per heavy atom. The van der Waals surface area contributed by atoms with Gasteiger partial charge in [0.25, 0.3) is 0 Å². The third-order valence-corrected chi connectivity index (χ3v) is 2.61. The largest absolute Gasteiger partial charge is 0.368 e. The fraction of sp³-hybridized carbons (Fsp3) is 0.0833. The van der Waals surface area contributed by atoms with Crippen LogP contribution in [0.25, 0.3) is 0 Å². The Kier molecular flexibility index (Phi) is 3.62. The van der Waals surface area contributed by atoms with Gasteiger partial charge < -0.3 is 11.1 Å².